The fourth-order valence-corrected chi connectivity index (χ4v) is 5.17. The maximum Gasteiger partial charge on any atom is 0.187 e. The normalized spacial score (nSPS) is 20.9. The molecule has 0 spiro atoms. The average Bonchev–Trinajstić information content (AvgIpc) is 3.40. The van der Waals surface area contributed by atoms with E-state index in [9.17, 15) is 0 Å². The first-order valence-corrected chi connectivity index (χ1v) is 12.3. The van der Waals surface area contributed by atoms with Crippen LogP contribution in [-0.2, 0) is 28.2 Å². The number of imidazole rings is 1. The predicted octanol–water partition coefficient (Wildman–Crippen LogP) is 6.18. The smallest absolute Gasteiger partial charge is 0.187 e. The molecule has 0 aliphatic carbocycles. The SMILES string of the molecule is Cc1ccc(CSCC2COC(CCc3ccc(Cl)cc3Cl)(Cn3ccnc3)O2)cc1. The number of hydrogen-bond acceptors (Lipinski definition) is 4. The number of thioether (sulfide) groups is 1. The summed E-state index contributed by atoms with van der Waals surface area (Å²) in [6, 6.07) is 14.3. The molecule has 0 N–H and O–H groups in total. The fraction of sp³-hybridized carbons (Fsp3) is 0.375. The van der Waals surface area contributed by atoms with Crippen molar-refractivity contribution in [1.29, 1.82) is 0 Å². The monoisotopic (exact) mass is 476 g/mol. The van der Waals surface area contributed by atoms with Crippen LogP contribution in [0.25, 0.3) is 0 Å². The van der Waals surface area contributed by atoms with Crippen molar-refractivity contribution in [3.05, 3.63) is 87.9 Å². The van der Waals surface area contributed by atoms with Crippen LogP contribution in [0.15, 0.2) is 61.2 Å². The summed E-state index contributed by atoms with van der Waals surface area (Å²) in [5.41, 5.74) is 3.66. The number of benzene rings is 2. The molecule has 3 aromatic rings. The number of hydrogen-bond donors (Lipinski definition) is 0. The molecule has 4 nitrogen and oxygen atoms in total. The minimum absolute atomic E-state index is 0.0552. The van der Waals surface area contributed by atoms with Crippen molar-refractivity contribution in [2.75, 3.05) is 12.4 Å². The standard InChI is InChI=1S/C24H26Cl2N2O2S/c1-18-2-4-19(5-3-18)14-31-15-22-13-29-24(30-22,16-28-11-10-27-17-28)9-8-20-6-7-21(25)12-23(20)26/h2-7,10-12,17,22H,8-9,13-16H2,1H3. The predicted molar refractivity (Wildman–Crippen MR) is 128 cm³/mol. The van der Waals surface area contributed by atoms with Crippen LogP contribution in [0.3, 0.4) is 0 Å². The summed E-state index contributed by atoms with van der Waals surface area (Å²) in [6.45, 7) is 3.29. The van der Waals surface area contributed by atoms with Crippen molar-refractivity contribution in [3.8, 4) is 0 Å². The first-order chi connectivity index (χ1) is 15.0. The quantitative estimate of drug-likeness (QED) is 0.369. The van der Waals surface area contributed by atoms with Crippen LogP contribution in [-0.4, -0.2) is 33.8 Å². The van der Waals surface area contributed by atoms with E-state index in [1.165, 1.54) is 11.1 Å². The number of ether oxygens (including phenoxy) is 2. The molecule has 1 aromatic heterocycles. The zero-order valence-electron chi connectivity index (χ0n) is 17.5. The molecule has 1 saturated heterocycles. The van der Waals surface area contributed by atoms with E-state index in [4.69, 9.17) is 32.7 Å². The summed E-state index contributed by atoms with van der Waals surface area (Å²) >= 11 is 14.3. The van der Waals surface area contributed by atoms with Crippen molar-refractivity contribution in [2.45, 2.75) is 44.0 Å². The van der Waals surface area contributed by atoms with Gasteiger partial charge in [0.25, 0.3) is 0 Å². The van der Waals surface area contributed by atoms with E-state index in [0.717, 1.165) is 23.5 Å². The molecule has 2 aromatic carbocycles. The molecule has 0 bridgehead atoms. The highest BCUT2D eigenvalue weighted by Crippen LogP contribution is 2.34. The average molecular weight is 477 g/mol. The van der Waals surface area contributed by atoms with Gasteiger partial charge in [0, 0.05) is 40.4 Å². The summed E-state index contributed by atoms with van der Waals surface area (Å²) in [5.74, 6) is 1.16. The topological polar surface area (TPSA) is 36.3 Å². The summed E-state index contributed by atoms with van der Waals surface area (Å²) < 4.78 is 14.8. The van der Waals surface area contributed by atoms with E-state index >= 15 is 0 Å². The zero-order chi connectivity index (χ0) is 21.7. The minimum Gasteiger partial charge on any atom is -0.345 e. The highest BCUT2D eigenvalue weighted by molar-refractivity contribution is 7.98. The van der Waals surface area contributed by atoms with Crippen molar-refractivity contribution >= 4 is 35.0 Å². The zero-order valence-corrected chi connectivity index (χ0v) is 19.8. The fourth-order valence-electron chi connectivity index (χ4n) is 3.69. The van der Waals surface area contributed by atoms with Crippen LogP contribution in [0.4, 0.5) is 0 Å². The molecular weight excluding hydrogens is 451 g/mol. The third kappa shape index (κ3) is 6.27. The van der Waals surface area contributed by atoms with Gasteiger partial charge in [-0.1, -0.05) is 59.1 Å². The first kappa shape index (κ1) is 22.7. The number of rotatable bonds is 9. The molecular formula is C24H26Cl2N2O2S. The Bertz CT molecular complexity index is 982. The molecule has 2 unspecified atom stereocenters. The van der Waals surface area contributed by atoms with Crippen LogP contribution >= 0.6 is 35.0 Å². The molecule has 0 saturated carbocycles. The number of nitrogens with zero attached hydrogens (tertiary/aromatic N) is 2. The summed E-state index contributed by atoms with van der Waals surface area (Å²) in [4.78, 5) is 4.16. The highest BCUT2D eigenvalue weighted by atomic mass is 35.5. The van der Waals surface area contributed by atoms with Crippen molar-refractivity contribution in [3.63, 3.8) is 0 Å². The van der Waals surface area contributed by atoms with E-state index in [2.05, 4.69) is 36.2 Å². The maximum atomic E-state index is 6.50. The number of halogens is 2. The second kappa shape index (κ2) is 10.4. The Hall–Kier alpha value is -1.50. The van der Waals surface area contributed by atoms with Gasteiger partial charge in [-0.05, 0) is 36.6 Å². The third-order valence-corrected chi connectivity index (χ3v) is 7.11. The van der Waals surface area contributed by atoms with Crippen molar-refractivity contribution in [1.82, 2.24) is 9.55 Å². The molecule has 1 aliphatic rings. The lowest BCUT2D eigenvalue weighted by atomic mass is 10.0. The van der Waals surface area contributed by atoms with E-state index in [0.29, 0.717) is 29.6 Å². The third-order valence-electron chi connectivity index (χ3n) is 5.38. The van der Waals surface area contributed by atoms with Gasteiger partial charge in [-0.3, -0.25) is 0 Å². The second-order valence-corrected chi connectivity index (χ2v) is 9.81. The van der Waals surface area contributed by atoms with Gasteiger partial charge in [0.1, 0.15) is 0 Å². The van der Waals surface area contributed by atoms with Crippen LogP contribution in [0, 0.1) is 6.92 Å². The van der Waals surface area contributed by atoms with Gasteiger partial charge < -0.3 is 14.0 Å². The molecule has 31 heavy (non-hydrogen) atoms. The van der Waals surface area contributed by atoms with E-state index < -0.39 is 5.79 Å². The molecule has 1 fully saturated rings. The van der Waals surface area contributed by atoms with Gasteiger partial charge in [0.15, 0.2) is 5.79 Å². The molecule has 2 atom stereocenters. The Morgan fingerprint density at radius 3 is 2.77 bits per heavy atom. The maximum absolute atomic E-state index is 6.50. The second-order valence-electron chi connectivity index (χ2n) is 7.93. The Kier molecular flexibility index (Phi) is 7.62. The highest BCUT2D eigenvalue weighted by Gasteiger charge is 2.41. The van der Waals surface area contributed by atoms with Crippen LogP contribution in [0.5, 0.6) is 0 Å². The van der Waals surface area contributed by atoms with Gasteiger partial charge in [0.05, 0.1) is 25.6 Å². The Morgan fingerprint density at radius 1 is 1.19 bits per heavy atom. The van der Waals surface area contributed by atoms with Crippen LogP contribution in [0.1, 0.15) is 23.1 Å². The van der Waals surface area contributed by atoms with E-state index in [1.807, 2.05) is 34.7 Å². The summed E-state index contributed by atoms with van der Waals surface area (Å²) in [6.07, 6.45) is 7.00. The molecule has 164 valence electrons. The largest absolute Gasteiger partial charge is 0.345 e. The molecule has 2 heterocycles. The van der Waals surface area contributed by atoms with Gasteiger partial charge in [-0.2, -0.15) is 11.8 Å². The lowest BCUT2D eigenvalue weighted by Gasteiger charge is -2.29. The minimum atomic E-state index is -0.696. The lowest BCUT2D eigenvalue weighted by molar-refractivity contribution is -0.180. The van der Waals surface area contributed by atoms with E-state index in [-0.39, 0.29) is 6.10 Å². The molecule has 0 amide bonds. The van der Waals surface area contributed by atoms with Gasteiger partial charge >= 0.3 is 0 Å². The van der Waals surface area contributed by atoms with Gasteiger partial charge in [0.2, 0.25) is 0 Å². The lowest BCUT2D eigenvalue weighted by Crippen LogP contribution is -2.37. The van der Waals surface area contributed by atoms with Crippen molar-refractivity contribution < 1.29 is 9.47 Å². The van der Waals surface area contributed by atoms with Gasteiger partial charge in [-0.15, -0.1) is 0 Å². The molecule has 0 radical (unpaired) electrons. The van der Waals surface area contributed by atoms with Gasteiger partial charge in [-0.25, -0.2) is 4.98 Å². The molecule has 1 aliphatic heterocycles. The first-order valence-electron chi connectivity index (χ1n) is 10.4. The molecule has 4 rings (SSSR count). The number of aromatic nitrogens is 2. The Morgan fingerprint density at radius 2 is 2.03 bits per heavy atom. The summed E-state index contributed by atoms with van der Waals surface area (Å²) in [7, 11) is 0. The van der Waals surface area contributed by atoms with Crippen LogP contribution < -0.4 is 0 Å². The Labute approximate surface area is 197 Å². The summed E-state index contributed by atoms with van der Waals surface area (Å²) in [5, 5.41) is 1.31. The number of aryl methyl sites for hydroxylation is 2. The molecule has 7 heteroatoms. The Balaban J connectivity index is 1.37. The van der Waals surface area contributed by atoms with Crippen molar-refractivity contribution in [2.24, 2.45) is 0 Å². The van der Waals surface area contributed by atoms with E-state index in [1.54, 1.807) is 18.6 Å². The van der Waals surface area contributed by atoms with Crippen LogP contribution in [0.2, 0.25) is 10.0 Å².